The topological polar surface area (TPSA) is 12.0 Å². The molecule has 1 atom stereocenters. The van der Waals surface area contributed by atoms with E-state index in [1.54, 1.807) is 12.1 Å². The Kier molecular flexibility index (Phi) is 5.66. The summed E-state index contributed by atoms with van der Waals surface area (Å²) in [5.41, 5.74) is 0.295. The molecule has 4 heteroatoms. The van der Waals surface area contributed by atoms with Gasteiger partial charge in [0.15, 0.2) is 0 Å². The van der Waals surface area contributed by atoms with E-state index >= 15 is 0 Å². The SMILES string of the molecule is CCCCCNC(C)c1ccc(C(F)(F)F)cc1. The molecule has 0 aliphatic carbocycles. The van der Waals surface area contributed by atoms with Crippen molar-refractivity contribution in [2.24, 2.45) is 0 Å². The van der Waals surface area contributed by atoms with E-state index in [-0.39, 0.29) is 6.04 Å². The van der Waals surface area contributed by atoms with Crippen LogP contribution >= 0.6 is 0 Å². The van der Waals surface area contributed by atoms with Crippen LogP contribution in [0.3, 0.4) is 0 Å². The van der Waals surface area contributed by atoms with Gasteiger partial charge < -0.3 is 5.32 Å². The predicted molar refractivity (Wildman–Crippen MR) is 67.4 cm³/mol. The summed E-state index contributed by atoms with van der Waals surface area (Å²) in [4.78, 5) is 0. The molecule has 1 rings (SSSR count). The number of alkyl halides is 3. The Labute approximate surface area is 106 Å². The van der Waals surface area contributed by atoms with Crippen molar-refractivity contribution in [3.05, 3.63) is 35.4 Å². The highest BCUT2D eigenvalue weighted by Gasteiger charge is 2.30. The van der Waals surface area contributed by atoms with Crippen molar-refractivity contribution in [1.29, 1.82) is 0 Å². The maximum absolute atomic E-state index is 12.4. The van der Waals surface area contributed by atoms with Gasteiger partial charge in [-0.25, -0.2) is 0 Å². The van der Waals surface area contributed by atoms with E-state index in [2.05, 4.69) is 12.2 Å². The van der Waals surface area contributed by atoms with Crippen LogP contribution in [-0.2, 0) is 6.18 Å². The lowest BCUT2D eigenvalue weighted by Crippen LogP contribution is -2.20. The van der Waals surface area contributed by atoms with Crippen LogP contribution < -0.4 is 5.32 Å². The average molecular weight is 259 g/mol. The van der Waals surface area contributed by atoms with E-state index in [1.807, 2.05) is 6.92 Å². The van der Waals surface area contributed by atoms with Gasteiger partial charge in [-0.1, -0.05) is 31.9 Å². The minimum atomic E-state index is -4.25. The largest absolute Gasteiger partial charge is 0.416 e. The minimum absolute atomic E-state index is 0.0872. The van der Waals surface area contributed by atoms with Gasteiger partial charge in [-0.3, -0.25) is 0 Å². The molecule has 0 saturated heterocycles. The quantitative estimate of drug-likeness (QED) is 0.739. The maximum Gasteiger partial charge on any atom is 0.416 e. The second-order valence-corrected chi connectivity index (χ2v) is 4.50. The Bertz CT molecular complexity index is 343. The Hall–Kier alpha value is -1.03. The van der Waals surface area contributed by atoms with Crippen LogP contribution in [0, 0.1) is 0 Å². The van der Waals surface area contributed by atoms with E-state index in [9.17, 15) is 13.2 Å². The van der Waals surface area contributed by atoms with Crippen LogP contribution in [0.5, 0.6) is 0 Å². The average Bonchev–Trinajstić information content (AvgIpc) is 2.33. The van der Waals surface area contributed by atoms with Gasteiger partial charge in [0.2, 0.25) is 0 Å². The molecule has 0 aliphatic heterocycles. The molecule has 0 amide bonds. The van der Waals surface area contributed by atoms with E-state index in [0.717, 1.165) is 37.1 Å². The summed E-state index contributed by atoms with van der Waals surface area (Å²) in [6.07, 6.45) is -0.819. The van der Waals surface area contributed by atoms with Crippen LogP contribution in [0.2, 0.25) is 0 Å². The Balaban J connectivity index is 2.51. The van der Waals surface area contributed by atoms with Crippen LogP contribution in [0.4, 0.5) is 13.2 Å². The molecule has 0 fully saturated rings. The fourth-order valence-corrected chi connectivity index (χ4v) is 1.77. The van der Waals surface area contributed by atoms with Gasteiger partial charge in [-0.05, 0) is 37.6 Å². The number of rotatable bonds is 6. The molecule has 0 saturated carbocycles. The zero-order valence-electron chi connectivity index (χ0n) is 10.8. The number of halogens is 3. The number of hydrogen-bond donors (Lipinski definition) is 1. The third-order valence-electron chi connectivity index (χ3n) is 2.97. The molecule has 0 aliphatic rings. The number of benzene rings is 1. The Morgan fingerprint density at radius 1 is 1.11 bits per heavy atom. The number of nitrogens with one attached hydrogen (secondary N) is 1. The first-order chi connectivity index (χ1) is 8.45. The van der Waals surface area contributed by atoms with Crippen LogP contribution in [0.25, 0.3) is 0 Å². The second-order valence-electron chi connectivity index (χ2n) is 4.50. The lowest BCUT2D eigenvalue weighted by Gasteiger charge is -2.15. The van der Waals surface area contributed by atoms with Crippen molar-refractivity contribution in [2.45, 2.75) is 45.3 Å². The monoisotopic (exact) mass is 259 g/mol. The molecule has 1 aromatic rings. The molecular formula is C14H20F3N. The lowest BCUT2D eigenvalue weighted by molar-refractivity contribution is -0.137. The molecule has 18 heavy (non-hydrogen) atoms. The zero-order chi connectivity index (χ0) is 13.6. The molecule has 1 aromatic carbocycles. The summed E-state index contributed by atoms with van der Waals surface area (Å²) in [6, 6.07) is 5.45. The second kappa shape index (κ2) is 6.78. The summed E-state index contributed by atoms with van der Waals surface area (Å²) in [5.74, 6) is 0. The molecule has 0 spiro atoms. The van der Waals surface area contributed by atoms with E-state index in [4.69, 9.17) is 0 Å². The first-order valence-electron chi connectivity index (χ1n) is 6.35. The standard InChI is InChI=1S/C14H20F3N/c1-3-4-5-10-18-11(2)12-6-8-13(9-7-12)14(15,16)17/h6-9,11,18H,3-5,10H2,1-2H3. The highest BCUT2D eigenvalue weighted by Crippen LogP contribution is 2.29. The summed E-state index contributed by atoms with van der Waals surface area (Å²) >= 11 is 0. The highest BCUT2D eigenvalue weighted by atomic mass is 19.4. The molecule has 0 heterocycles. The Morgan fingerprint density at radius 3 is 2.22 bits per heavy atom. The van der Waals surface area contributed by atoms with Gasteiger partial charge in [0.1, 0.15) is 0 Å². The van der Waals surface area contributed by atoms with Crippen molar-refractivity contribution in [2.75, 3.05) is 6.54 Å². The molecule has 0 aromatic heterocycles. The van der Waals surface area contributed by atoms with Crippen molar-refractivity contribution in [1.82, 2.24) is 5.32 Å². The van der Waals surface area contributed by atoms with Crippen molar-refractivity contribution in [3.8, 4) is 0 Å². The highest BCUT2D eigenvalue weighted by molar-refractivity contribution is 5.26. The third kappa shape index (κ3) is 4.69. The molecule has 1 N–H and O–H groups in total. The van der Waals surface area contributed by atoms with Gasteiger partial charge in [0, 0.05) is 6.04 Å². The molecule has 0 bridgehead atoms. The first kappa shape index (κ1) is 15.0. The lowest BCUT2D eigenvalue weighted by atomic mass is 10.1. The molecule has 102 valence electrons. The maximum atomic E-state index is 12.4. The fourth-order valence-electron chi connectivity index (χ4n) is 1.77. The van der Waals surface area contributed by atoms with Gasteiger partial charge in [0.25, 0.3) is 0 Å². The van der Waals surface area contributed by atoms with Crippen LogP contribution in [0.15, 0.2) is 24.3 Å². The van der Waals surface area contributed by atoms with Crippen LogP contribution in [0.1, 0.15) is 50.3 Å². The molecule has 0 radical (unpaired) electrons. The first-order valence-corrected chi connectivity index (χ1v) is 6.35. The van der Waals surface area contributed by atoms with Crippen molar-refractivity contribution >= 4 is 0 Å². The summed E-state index contributed by atoms with van der Waals surface area (Å²) in [6.45, 7) is 5.00. The summed E-state index contributed by atoms with van der Waals surface area (Å²) in [7, 11) is 0. The molecule has 1 nitrogen and oxygen atoms in total. The van der Waals surface area contributed by atoms with Gasteiger partial charge in [-0.15, -0.1) is 0 Å². The number of hydrogen-bond acceptors (Lipinski definition) is 1. The van der Waals surface area contributed by atoms with Crippen molar-refractivity contribution in [3.63, 3.8) is 0 Å². The third-order valence-corrected chi connectivity index (χ3v) is 2.97. The van der Waals surface area contributed by atoms with Gasteiger partial charge in [-0.2, -0.15) is 13.2 Å². The molecular weight excluding hydrogens is 239 g/mol. The fraction of sp³-hybridized carbons (Fsp3) is 0.571. The summed E-state index contributed by atoms with van der Waals surface area (Å²) in [5, 5.41) is 3.31. The van der Waals surface area contributed by atoms with E-state index in [1.165, 1.54) is 6.42 Å². The predicted octanol–water partition coefficient (Wildman–Crippen LogP) is 4.55. The van der Waals surface area contributed by atoms with E-state index < -0.39 is 11.7 Å². The zero-order valence-corrected chi connectivity index (χ0v) is 10.8. The van der Waals surface area contributed by atoms with Crippen LogP contribution in [-0.4, -0.2) is 6.54 Å². The number of unbranched alkanes of at least 4 members (excludes halogenated alkanes) is 2. The van der Waals surface area contributed by atoms with E-state index in [0.29, 0.717) is 0 Å². The van der Waals surface area contributed by atoms with Crippen molar-refractivity contribution < 1.29 is 13.2 Å². The van der Waals surface area contributed by atoms with Gasteiger partial charge >= 0.3 is 6.18 Å². The Morgan fingerprint density at radius 2 is 1.72 bits per heavy atom. The summed E-state index contributed by atoms with van der Waals surface area (Å²) < 4.78 is 37.2. The smallest absolute Gasteiger partial charge is 0.310 e. The van der Waals surface area contributed by atoms with Gasteiger partial charge in [0.05, 0.1) is 5.56 Å². The minimum Gasteiger partial charge on any atom is -0.310 e. The normalized spacial score (nSPS) is 13.6. The molecule has 1 unspecified atom stereocenters.